The topological polar surface area (TPSA) is 72.8 Å². The molecule has 0 aliphatic rings. The molecule has 1 rings (SSSR count). The van der Waals surface area contributed by atoms with Crippen molar-refractivity contribution in [3.63, 3.8) is 0 Å². The predicted molar refractivity (Wildman–Crippen MR) is 97.0 cm³/mol. The van der Waals surface area contributed by atoms with E-state index in [9.17, 15) is 14.7 Å². The van der Waals surface area contributed by atoms with Gasteiger partial charge in [-0.25, -0.2) is 9.59 Å². The number of ether oxygens (including phenoxy) is 2. The molecule has 0 fully saturated rings. The van der Waals surface area contributed by atoms with E-state index in [2.05, 4.69) is 0 Å². The highest BCUT2D eigenvalue weighted by Crippen LogP contribution is 2.18. The Labute approximate surface area is 149 Å². The fraction of sp³-hybridized carbons (Fsp3) is 0.500. The maximum absolute atomic E-state index is 12.3. The standard InChI is InChI=1S/C20H28O5/c1-3-5-10-14-24-19(22)17(20(23)25-15-11-6-4-2)18(21)16-12-8-7-9-13-16/h7-9,12-13,21H,3-6,10-11,14-15H2,1-2H3. The first kappa shape index (κ1) is 20.7. The lowest BCUT2D eigenvalue weighted by molar-refractivity contribution is -0.147. The molecule has 0 unspecified atom stereocenters. The Morgan fingerprint density at radius 2 is 1.32 bits per heavy atom. The molecular weight excluding hydrogens is 320 g/mol. The summed E-state index contributed by atoms with van der Waals surface area (Å²) in [6.07, 6.45) is 5.28. The Kier molecular flexibility index (Phi) is 10.1. The molecule has 25 heavy (non-hydrogen) atoms. The zero-order valence-electron chi connectivity index (χ0n) is 15.1. The van der Waals surface area contributed by atoms with E-state index in [4.69, 9.17) is 9.47 Å². The molecule has 5 nitrogen and oxygen atoms in total. The number of hydrogen-bond acceptors (Lipinski definition) is 5. The second-order valence-corrected chi connectivity index (χ2v) is 5.78. The van der Waals surface area contributed by atoms with E-state index in [0.717, 1.165) is 25.7 Å². The van der Waals surface area contributed by atoms with Crippen LogP contribution in [-0.2, 0) is 19.1 Å². The quantitative estimate of drug-likeness (QED) is 0.160. The lowest BCUT2D eigenvalue weighted by atomic mass is 10.1. The van der Waals surface area contributed by atoms with E-state index in [1.54, 1.807) is 30.3 Å². The molecular formula is C20H28O5. The third-order valence-electron chi connectivity index (χ3n) is 3.65. The van der Waals surface area contributed by atoms with Gasteiger partial charge in [-0.15, -0.1) is 0 Å². The molecule has 0 saturated heterocycles. The van der Waals surface area contributed by atoms with Gasteiger partial charge in [-0.3, -0.25) is 0 Å². The number of aliphatic hydroxyl groups excluding tert-OH is 1. The SMILES string of the molecule is CCCCCOC(=O)C(C(=O)OCCCCC)=C(O)c1ccccc1. The fourth-order valence-corrected chi connectivity index (χ4v) is 2.20. The first-order chi connectivity index (χ1) is 12.1. The van der Waals surface area contributed by atoms with Gasteiger partial charge in [-0.05, 0) is 12.8 Å². The van der Waals surface area contributed by atoms with E-state index < -0.39 is 23.3 Å². The van der Waals surface area contributed by atoms with Crippen LogP contribution < -0.4 is 0 Å². The molecule has 5 heteroatoms. The molecule has 0 heterocycles. The van der Waals surface area contributed by atoms with Crippen LogP contribution in [0.5, 0.6) is 0 Å². The van der Waals surface area contributed by atoms with Crippen molar-refractivity contribution in [1.29, 1.82) is 0 Å². The van der Waals surface area contributed by atoms with Crippen molar-refractivity contribution in [3.05, 3.63) is 41.5 Å². The molecule has 0 aliphatic carbocycles. The Morgan fingerprint density at radius 3 is 1.76 bits per heavy atom. The lowest BCUT2D eigenvalue weighted by Crippen LogP contribution is -2.21. The normalized spacial score (nSPS) is 10.2. The molecule has 0 radical (unpaired) electrons. The molecule has 0 saturated carbocycles. The molecule has 1 N–H and O–H groups in total. The summed E-state index contributed by atoms with van der Waals surface area (Å²) in [5, 5.41) is 10.4. The average Bonchev–Trinajstić information content (AvgIpc) is 2.63. The van der Waals surface area contributed by atoms with Gasteiger partial charge >= 0.3 is 11.9 Å². The maximum atomic E-state index is 12.3. The number of carbonyl (C=O) groups is 2. The third kappa shape index (κ3) is 7.42. The summed E-state index contributed by atoms with van der Waals surface area (Å²) in [5.74, 6) is -2.11. The molecule has 0 amide bonds. The number of unbranched alkanes of at least 4 members (excludes halogenated alkanes) is 4. The minimum absolute atomic E-state index is 0.210. The second-order valence-electron chi connectivity index (χ2n) is 5.78. The number of hydrogen-bond donors (Lipinski definition) is 1. The zero-order chi connectivity index (χ0) is 18.5. The van der Waals surface area contributed by atoms with Gasteiger partial charge in [0.1, 0.15) is 5.76 Å². The van der Waals surface area contributed by atoms with Gasteiger partial charge in [-0.2, -0.15) is 0 Å². The van der Waals surface area contributed by atoms with Crippen molar-refractivity contribution in [3.8, 4) is 0 Å². The van der Waals surface area contributed by atoms with Crippen molar-refractivity contribution < 1.29 is 24.2 Å². The van der Waals surface area contributed by atoms with Crippen molar-refractivity contribution in [2.75, 3.05) is 13.2 Å². The molecule has 138 valence electrons. The molecule has 0 bridgehead atoms. The summed E-state index contributed by atoms with van der Waals surface area (Å²) >= 11 is 0. The van der Waals surface area contributed by atoms with E-state index in [-0.39, 0.29) is 13.2 Å². The maximum Gasteiger partial charge on any atom is 0.349 e. The number of rotatable bonds is 11. The van der Waals surface area contributed by atoms with Crippen molar-refractivity contribution in [2.24, 2.45) is 0 Å². The zero-order valence-corrected chi connectivity index (χ0v) is 15.1. The highest BCUT2D eigenvalue weighted by molar-refractivity contribution is 6.19. The van der Waals surface area contributed by atoms with E-state index in [1.165, 1.54) is 0 Å². The molecule has 1 aromatic carbocycles. The predicted octanol–water partition coefficient (Wildman–Crippen LogP) is 4.42. The third-order valence-corrected chi connectivity index (χ3v) is 3.65. The summed E-state index contributed by atoms with van der Waals surface area (Å²) in [4.78, 5) is 24.6. The fourth-order valence-electron chi connectivity index (χ4n) is 2.20. The van der Waals surface area contributed by atoms with Gasteiger partial charge < -0.3 is 14.6 Å². The van der Waals surface area contributed by atoms with Crippen LogP contribution in [0.4, 0.5) is 0 Å². The number of benzene rings is 1. The molecule has 0 atom stereocenters. The lowest BCUT2D eigenvalue weighted by Gasteiger charge is -2.11. The minimum atomic E-state index is -0.849. The molecule has 0 spiro atoms. The van der Waals surface area contributed by atoms with Crippen LogP contribution in [0.2, 0.25) is 0 Å². The second kappa shape index (κ2) is 12.1. The molecule has 1 aromatic rings. The van der Waals surface area contributed by atoms with Crippen LogP contribution in [0.3, 0.4) is 0 Å². The van der Waals surface area contributed by atoms with Crippen LogP contribution in [0.25, 0.3) is 5.76 Å². The summed E-state index contributed by atoms with van der Waals surface area (Å²) in [6, 6.07) is 8.43. The summed E-state index contributed by atoms with van der Waals surface area (Å²) in [6.45, 7) is 4.51. The van der Waals surface area contributed by atoms with Crippen molar-refractivity contribution >= 4 is 17.7 Å². The van der Waals surface area contributed by atoms with E-state index in [1.807, 2.05) is 13.8 Å². The first-order valence-corrected chi connectivity index (χ1v) is 8.94. The van der Waals surface area contributed by atoms with Crippen LogP contribution in [-0.4, -0.2) is 30.3 Å². The Bertz CT molecular complexity index is 537. The molecule has 0 aromatic heterocycles. The van der Waals surface area contributed by atoms with Crippen LogP contribution >= 0.6 is 0 Å². The highest BCUT2D eigenvalue weighted by atomic mass is 16.6. The number of esters is 2. The smallest absolute Gasteiger partial charge is 0.349 e. The van der Waals surface area contributed by atoms with Gasteiger partial charge in [0.2, 0.25) is 0 Å². The summed E-state index contributed by atoms with van der Waals surface area (Å²) in [5.41, 5.74) is -0.0762. The average molecular weight is 348 g/mol. The summed E-state index contributed by atoms with van der Waals surface area (Å²) in [7, 11) is 0. The van der Waals surface area contributed by atoms with Gasteiger partial charge in [0.15, 0.2) is 5.57 Å². The van der Waals surface area contributed by atoms with Crippen LogP contribution in [0, 0.1) is 0 Å². The van der Waals surface area contributed by atoms with Gasteiger partial charge in [-0.1, -0.05) is 69.9 Å². The van der Waals surface area contributed by atoms with Crippen LogP contribution in [0.15, 0.2) is 35.9 Å². The Balaban J connectivity index is 2.89. The minimum Gasteiger partial charge on any atom is -0.506 e. The monoisotopic (exact) mass is 348 g/mol. The number of carbonyl (C=O) groups excluding carboxylic acids is 2. The van der Waals surface area contributed by atoms with Crippen molar-refractivity contribution in [2.45, 2.75) is 52.4 Å². The van der Waals surface area contributed by atoms with Gasteiger partial charge in [0.25, 0.3) is 0 Å². The van der Waals surface area contributed by atoms with E-state index in [0.29, 0.717) is 18.4 Å². The van der Waals surface area contributed by atoms with E-state index >= 15 is 0 Å². The largest absolute Gasteiger partial charge is 0.506 e. The number of aliphatic hydroxyl groups is 1. The molecule has 0 aliphatic heterocycles. The first-order valence-electron chi connectivity index (χ1n) is 8.94. The van der Waals surface area contributed by atoms with Gasteiger partial charge in [0.05, 0.1) is 13.2 Å². The van der Waals surface area contributed by atoms with Crippen molar-refractivity contribution in [1.82, 2.24) is 0 Å². The van der Waals surface area contributed by atoms with Crippen LogP contribution in [0.1, 0.15) is 57.9 Å². The summed E-state index contributed by atoms with van der Waals surface area (Å²) < 4.78 is 10.3. The van der Waals surface area contributed by atoms with Gasteiger partial charge in [0, 0.05) is 5.56 Å². The highest BCUT2D eigenvalue weighted by Gasteiger charge is 2.27. The Hall–Kier alpha value is -2.30. The Morgan fingerprint density at radius 1 is 0.840 bits per heavy atom.